The summed E-state index contributed by atoms with van der Waals surface area (Å²) in [6, 6.07) is 17.6. The molecule has 4 nitrogen and oxygen atoms in total. The number of hydrogen-bond donors (Lipinski definition) is 0. The van der Waals surface area contributed by atoms with E-state index >= 15 is 0 Å². The lowest BCUT2D eigenvalue weighted by molar-refractivity contribution is 0.386. The van der Waals surface area contributed by atoms with Gasteiger partial charge in [0, 0.05) is 5.75 Å². The highest BCUT2D eigenvalue weighted by molar-refractivity contribution is 7.98. The smallest absolute Gasteiger partial charge is 0.266 e. The first-order chi connectivity index (χ1) is 14.1. The maximum Gasteiger partial charge on any atom is 0.266 e. The third kappa shape index (κ3) is 3.73. The molecular weight excluding hydrogens is 394 g/mol. The summed E-state index contributed by atoms with van der Waals surface area (Å²) in [4.78, 5) is 17.7. The summed E-state index contributed by atoms with van der Waals surface area (Å²) in [5.74, 6) is -0.487. The SMILES string of the molecule is COc1ccc(CSc2nc3ccccc3c(=O)n2-c2ccccc2F)cc1F. The molecule has 3 aromatic carbocycles. The van der Waals surface area contributed by atoms with E-state index in [2.05, 4.69) is 4.98 Å². The number of ether oxygens (including phenoxy) is 1. The normalized spacial score (nSPS) is 11.0. The quantitative estimate of drug-likeness (QED) is 0.344. The van der Waals surface area contributed by atoms with Gasteiger partial charge in [0.25, 0.3) is 5.56 Å². The summed E-state index contributed by atoms with van der Waals surface area (Å²) in [7, 11) is 1.40. The van der Waals surface area contributed by atoms with Gasteiger partial charge in [-0.05, 0) is 42.0 Å². The average Bonchev–Trinajstić information content (AvgIpc) is 2.73. The molecular formula is C22H16F2N2O2S. The van der Waals surface area contributed by atoms with Crippen LogP contribution < -0.4 is 10.3 Å². The molecule has 0 aliphatic heterocycles. The summed E-state index contributed by atoms with van der Waals surface area (Å²) in [6.45, 7) is 0. The fourth-order valence-electron chi connectivity index (χ4n) is 3.00. The minimum Gasteiger partial charge on any atom is -0.494 e. The van der Waals surface area contributed by atoms with Gasteiger partial charge in [0.1, 0.15) is 5.82 Å². The average molecular weight is 410 g/mol. The van der Waals surface area contributed by atoms with Crippen molar-refractivity contribution < 1.29 is 13.5 Å². The van der Waals surface area contributed by atoms with Gasteiger partial charge in [-0.2, -0.15) is 0 Å². The van der Waals surface area contributed by atoms with Crippen LogP contribution in [0.3, 0.4) is 0 Å². The standard InChI is InChI=1S/C22H16F2N2O2S/c1-28-20-11-10-14(12-17(20)24)13-29-22-25-18-8-4-2-6-15(18)21(27)26(22)19-9-5-3-7-16(19)23/h2-12H,13H2,1H3. The molecule has 0 unspecified atom stereocenters. The zero-order chi connectivity index (χ0) is 20.4. The van der Waals surface area contributed by atoms with E-state index in [1.807, 2.05) is 0 Å². The summed E-state index contributed by atoms with van der Waals surface area (Å²) >= 11 is 1.23. The molecule has 4 aromatic rings. The van der Waals surface area contributed by atoms with Crippen molar-refractivity contribution in [2.24, 2.45) is 0 Å². The minimum absolute atomic E-state index is 0.124. The molecule has 0 N–H and O–H groups in total. The molecule has 0 fully saturated rings. The number of aromatic nitrogens is 2. The van der Waals surface area contributed by atoms with Crippen LogP contribution >= 0.6 is 11.8 Å². The summed E-state index contributed by atoms with van der Waals surface area (Å²) in [5.41, 5.74) is 0.979. The lowest BCUT2D eigenvalue weighted by Crippen LogP contribution is -2.22. The van der Waals surface area contributed by atoms with Crippen LogP contribution in [-0.4, -0.2) is 16.7 Å². The molecule has 0 saturated carbocycles. The Morgan fingerprint density at radius 3 is 2.52 bits per heavy atom. The molecule has 0 amide bonds. The number of methoxy groups -OCH3 is 1. The van der Waals surface area contributed by atoms with Crippen molar-refractivity contribution in [2.45, 2.75) is 10.9 Å². The highest BCUT2D eigenvalue weighted by Crippen LogP contribution is 2.27. The van der Waals surface area contributed by atoms with Crippen molar-refractivity contribution in [1.29, 1.82) is 0 Å². The van der Waals surface area contributed by atoms with Gasteiger partial charge in [0.15, 0.2) is 16.7 Å². The van der Waals surface area contributed by atoms with E-state index in [-0.39, 0.29) is 17.0 Å². The van der Waals surface area contributed by atoms with E-state index < -0.39 is 11.6 Å². The van der Waals surface area contributed by atoms with Crippen LogP contribution in [0.1, 0.15) is 5.56 Å². The van der Waals surface area contributed by atoms with Gasteiger partial charge in [0.2, 0.25) is 0 Å². The molecule has 0 saturated heterocycles. The predicted molar refractivity (Wildman–Crippen MR) is 110 cm³/mol. The van der Waals surface area contributed by atoms with Gasteiger partial charge in [-0.1, -0.05) is 42.1 Å². The zero-order valence-electron chi connectivity index (χ0n) is 15.4. The fraction of sp³-hybridized carbons (Fsp3) is 0.0909. The Balaban J connectivity index is 1.80. The number of rotatable bonds is 5. The molecule has 146 valence electrons. The van der Waals surface area contributed by atoms with Crippen LogP contribution in [0.15, 0.2) is 76.7 Å². The Bertz CT molecular complexity index is 1260. The topological polar surface area (TPSA) is 44.1 Å². The molecule has 0 radical (unpaired) electrons. The Morgan fingerprint density at radius 2 is 1.76 bits per heavy atom. The second-order valence-electron chi connectivity index (χ2n) is 6.26. The van der Waals surface area contributed by atoms with Gasteiger partial charge in [-0.15, -0.1) is 0 Å². The third-order valence-electron chi connectivity index (χ3n) is 4.42. The Kier molecular flexibility index (Phi) is 5.31. The number of para-hydroxylation sites is 2. The largest absolute Gasteiger partial charge is 0.494 e. The van der Waals surface area contributed by atoms with Crippen molar-refractivity contribution in [3.8, 4) is 11.4 Å². The molecule has 4 rings (SSSR count). The minimum atomic E-state index is -0.524. The first-order valence-electron chi connectivity index (χ1n) is 8.80. The maximum absolute atomic E-state index is 14.5. The molecule has 29 heavy (non-hydrogen) atoms. The van der Waals surface area contributed by atoms with Gasteiger partial charge in [-0.25, -0.2) is 13.8 Å². The van der Waals surface area contributed by atoms with Crippen LogP contribution in [0.4, 0.5) is 8.78 Å². The van der Waals surface area contributed by atoms with E-state index in [1.54, 1.807) is 48.5 Å². The number of fused-ring (bicyclic) bond motifs is 1. The number of benzene rings is 3. The van der Waals surface area contributed by atoms with E-state index in [4.69, 9.17) is 4.74 Å². The van der Waals surface area contributed by atoms with Crippen molar-refractivity contribution in [3.63, 3.8) is 0 Å². The third-order valence-corrected chi connectivity index (χ3v) is 5.43. The van der Waals surface area contributed by atoms with Gasteiger partial charge < -0.3 is 4.74 Å². The second-order valence-corrected chi connectivity index (χ2v) is 7.20. The van der Waals surface area contributed by atoms with Gasteiger partial charge >= 0.3 is 0 Å². The van der Waals surface area contributed by atoms with Crippen molar-refractivity contribution in [3.05, 3.63) is 94.3 Å². The van der Waals surface area contributed by atoms with Gasteiger partial charge in [-0.3, -0.25) is 9.36 Å². The Hall–Kier alpha value is -3.19. The van der Waals surface area contributed by atoms with Gasteiger partial charge in [0.05, 0.1) is 23.7 Å². The van der Waals surface area contributed by atoms with Crippen LogP contribution in [0, 0.1) is 11.6 Å². The second kappa shape index (κ2) is 8.05. The molecule has 7 heteroatoms. The summed E-state index contributed by atoms with van der Waals surface area (Å²) in [5, 5.41) is 0.727. The number of thioether (sulfide) groups is 1. The summed E-state index contributed by atoms with van der Waals surface area (Å²) < 4.78 is 34.7. The van der Waals surface area contributed by atoms with E-state index in [0.29, 0.717) is 27.4 Å². The lowest BCUT2D eigenvalue weighted by Gasteiger charge is -2.14. The molecule has 1 heterocycles. The van der Waals surface area contributed by atoms with E-state index in [1.165, 1.54) is 41.6 Å². The number of halogens is 2. The van der Waals surface area contributed by atoms with Crippen molar-refractivity contribution >= 4 is 22.7 Å². The molecule has 1 aromatic heterocycles. The first kappa shape index (κ1) is 19.1. The Labute approximate surface area is 169 Å². The number of nitrogens with zero attached hydrogens (tertiary/aromatic N) is 2. The molecule has 0 aliphatic rings. The first-order valence-corrected chi connectivity index (χ1v) is 9.79. The monoisotopic (exact) mass is 410 g/mol. The molecule has 0 bridgehead atoms. The number of hydrogen-bond acceptors (Lipinski definition) is 4. The maximum atomic E-state index is 14.5. The zero-order valence-corrected chi connectivity index (χ0v) is 16.2. The van der Waals surface area contributed by atoms with Crippen molar-refractivity contribution in [1.82, 2.24) is 9.55 Å². The summed E-state index contributed by atoms with van der Waals surface area (Å²) in [6.07, 6.45) is 0. The van der Waals surface area contributed by atoms with Crippen LogP contribution in [0.2, 0.25) is 0 Å². The highest BCUT2D eigenvalue weighted by atomic mass is 32.2. The van der Waals surface area contributed by atoms with E-state index in [0.717, 1.165) is 0 Å². The van der Waals surface area contributed by atoms with Crippen molar-refractivity contribution in [2.75, 3.05) is 7.11 Å². The van der Waals surface area contributed by atoms with Crippen LogP contribution in [0.25, 0.3) is 16.6 Å². The highest BCUT2D eigenvalue weighted by Gasteiger charge is 2.16. The van der Waals surface area contributed by atoms with Crippen LogP contribution in [0.5, 0.6) is 5.75 Å². The molecule has 0 spiro atoms. The predicted octanol–water partition coefficient (Wildman–Crippen LogP) is 4.96. The fourth-order valence-corrected chi connectivity index (χ4v) is 3.95. The lowest BCUT2D eigenvalue weighted by atomic mass is 10.2. The molecule has 0 atom stereocenters. The van der Waals surface area contributed by atoms with Crippen LogP contribution in [-0.2, 0) is 5.75 Å². The van der Waals surface area contributed by atoms with E-state index in [9.17, 15) is 13.6 Å². The molecule has 0 aliphatic carbocycles. The Morgan fingerprint density at radius 1 is 1.00 bits per heavy atom.